The number of anilines is 1. The summed E-state index contributed by atoms with van der Waals surface area (Å²) >= 11 is 6.50. The summed E-state index contributed by atoms with van der Waals surface area (Å²) in [4.78, 5) is 11.4. The zero-order valence-corrected chi connectivity index (χ0v) is 15.9. The Balaban J connectivity index is 0.000000298. The topological polar surface area (TPSA) is 85.0 Å². The van der Waals surface area contributed by atoms with Crippen LogP contribution in [0.25, 0.3) is 0 Å². The second-order valence-electron chi connectivity index (χ2n) is 6.43. The third-order valence-corrected chi connectivity index (χ3v) is 4.98. The molecule has 0 aliphatic carbocycles. The monoisotopic (exact) mass is 430 g/mol. The molecule has 2 aromatic carbocycles. The molecule has 10 heteroatoms. The van der Waals surface area contributed by atoms with Crippen molar-refractivity contribution in [2.45, 2.75) is 19.0 Å². The van der Waals surface area contributed by atoms with Crippen molar-refractivity contribution in [2.24, 2.45) is 5.73 Å². The number of ether oxygens (including phenoxy) is 2. The molecule has 0 spiro atoms. The number of phenolic OH excluding ortho intramolecular Hbond substituents is 1. The van der Waals surface area contributed by atoms with Gasteiger partial charge in [-0.15, -0.1) is 0 Å². The Morgan fingerprint density at radius 2 is 1.76 bits per heavy atom. The number of carbonyl (C=O) groups is 1. The average Bonchev–Trinajstić information content (AvgIpc) is 3.02. The maximum atomic E-state index is 10.7. The highest BCUT2D eigenvalue weighted by Gasteiger charge is 2.35. The standard InChI is InChI=1S/C17H16ClNO3.C2H2F3NO/c18-16-14-6-8-19(12-1-3-13(20)4-2-12)7-5-11(14)9-15-17(16)22-10-21-15;3-2(4,5)1(6)7/h1-4,9,20H,5-8,10H2;(H2,6,7). The van der Waals surface area contributed by atoms with E-state index in [1.165, 1.54) is 5.56 Å². The Morgan fingerprint density at radius 1 is 1.14 bits per heavy atom. The van der Waals surface area contributed by atoms with Crippen LogP contribution in [-0.2, 0) is 17.6 Å². The van der Waals surface area contributed by atoms with Crippen LogP contribution in [0.4, 0.5) is 18.9 Å². The molecule has 0 bridgehead atoms. The Hall–Kier alpha value is -2.81. The molecule has 0 atom stereocenters. The molecule has 0 radical (unpaired) electrons. The fourth-order valence-corrected chi connectivity index (χ4v) is 3.48. The van der Waals surface area contributed by atoms with Gasteiger partial charge in [0.2, 0.25) is 6.79 Å². The first-order chi connectivity index (χ1) is 13.7. The predicted octanol–water partition coefficient (Wildman–Crippen LogP) is 3.41. The lowest BCUT2D eigenvalue weighted by molar-refractivity contribution is -0.169. The molecule has 2 aliphatic heterocycles. The normalized spacial score (nSPS) is 15.1. The van der Waals surface area contributed by atoms with Gasteiger partial charge in [-0.05, 0) is 54.3 Å². The number of carbonyl (C=O) groups excluding carboxylic acids is 1. The fraction of sp³-hybridized carbons (Fsp3) is 0.316. The smallest absolute Gasteiger partial charge is 0.470 e. The molecule has 0 aromatic heterocycles. The number of aromatic hydroxyl groups is 1. The van der Waals surface area contributed by atoms with Gasteiger partial charge < -0.3 is 25.2 Å². The summed E-state index contributed by atoms with van der Waals surface area (Å²) in [6, 6.07) is 9.38. The highest BCUT2D eigenvalue weighted by molar-refractivity contribution is 6.33. The molecule has 2 aromatic rings. The first kappa shape index (κ1) is 20.9. The maximum absolute atomic E-state index is 10.7. The molecule has 2 aliphatic rings. The number of halogens is 4. The van der Waals surface area contributed by atoms with Crippen molar-refractivity contribution in [2.75, 3.05) is 24.8 Å². The van der Waals surface area contributed by atoms with Crippen LogP contribution in [-0.4, -0.2) is 37.1 Å². The number of hydrogen-bond donors (Lipinski definition) is 2. The predicted molar refractivity (Wildman–Crippen MR) is 101 cm³/mol. The molecule has 0 saturated carbocycles. The molecule has 156 valence electrons. The Morgan fingerprint density at radius 3 is 2.38 bits per heavy atom. The zero-order valence-electron chi connectivity index (χ0n) is 15.1. The minimum absolute atomic E-state index is 0.248. The van der Waals surface area contributed by atoms with E-state index in [2.05, 4.69) is 16.7 Å². The summed E-state index contributed by atoms with van der Waals surface area (Å²) in [5, 5.41) is 10.1. The first-order valence-corrected chi connectivity index (χ1v) is 9.05. The van der Waals surface area contributed by atoms with E-state index in [0.717, 1.165) is 42.9 Å². The fourth-order valence-electron chi connectivity index (χ4n) is 3.12. The second-order valence-corrected chi connectivity index (χ2v) is 6.81. The zero-order chi connectivity index (χ0) is 21.2. The number of nitrogens with zero attached hydrogens (tertiary/aromatic N) is 1. The molecule has 0 fully saturated rings. The molecule has 1 amide bonds. The number of phenols is 1. The van der Waals surface area contributed by atoms with E-state index in [-0.39, 0.29) is 12.5 Å². The molecule has 3 N–H and O–H groups in total. The van der Waals surface area contributed by atoms with E-state index in [0.29, 0.717) is 10.8 Å². The van der Waals surface area contributed by atoms with Crippen LogP contribution in [0.2, 0.25) is 5.02 Å². The number of benzene rings is 2. The number of rotatable bonds is 1. The highest BCUT2D eigenvalue weighted by Crippen LogP contribution is 2.43. The molecule has 2 heterocycles. The third-order valence-electron chi connectivity index (χ3n) is 4.58. The largest absolute Gasteiger partial charge is 0.508 e. The van der Waals surface area contributed by atoms with Gasteiger partial charge in [-0.2, -0.15) is 13.2 Å². The molecule has 4 rings (SSSR count). The minimum Gasteiger partial charge on any atom is -0.508 e. The first-order valence-electron chi connectivity index (χ1n) is 8.67. The summed E-state index contributed by atoms with van der Waals surface area (Å²) in [6.07, 6.45) is -3.09. The number of hydrogen-bond acceptors (Lipinski definition) is 5. The quantitative estimate of drug-likeness (QED) is 0.724. The van der Waals surface area contributed by atoms with Crippen molar-refractivity contribution in [3.8, 4) is 17.2 Å². The summed E-state index contributed by atoms with van der Waals surface area (Å²) < 4.78 is 43.0. The Labute approximate surface area is 169 Å². The lowest BCUT2D eigenvalue weighted by Gasteiger charge is -2.22. The van der Waals surface area contributed by atoms with Gasteiger partial charge in [0.05, 0.1) is 5.02 Å². The molecule has 0 unspecified atom stereocenters. The summed E-state index contributed by atoms with van der Waals surface area (Å²) in [5.74, 6) is -0.538. The van der Waals surface area contributed by atoms with Crippen molar-refractivity contribution >= 4 is 23.2 Å². The summed E-state index contributed by atoms with van der Waals surface area (Å²) in [5.41, 5.74) is 7.31. The number of alkyl halides is 3. The van der Waals surface area contributed by atoms with Crippen molar-refractivity contribution in [3.05, 3.63) is 46.5 Å². The summed E-state index contributed by atoms with van der Waals surface area (Å²) in [6.45, 7) is 2.04. The van der Waals surface area contributed by atoms with Gasteiger partial charge in [-0.25, -0.2) is 0 Å². The van der Waals surface area contributed by atoms with Gasteiger partial charge in [0.1, 0.15) is 5.75 Å². The van der Waals surface area contributed by atoms with Crippen molar-refractivity contribution in [3.63, 3.8) is 0 Å². The van der Waals surface area contributed by atoms with Gasteiger partial charge in [0.15, 0.2) is 11.5 Å². The van der Waals surface area contributed by atoms with Gasteiger partial charge in [-0.1, -0.05) is 11.6 Å². The lowest BCUT2D eigenvalue weighted by Crippen LogP contribution is -2.30. The third kappa shape index (κ3) is 4.79. The maximum Gasteiger partial charge on any atom is 0.470 e. The van der Waals surface area contributed by atoms with Crippen molar-refractivity contribution in [1.29, 1.82) is 0 Å². The SMILES string of the molecule is NC(=O)C(F)(F)F.Oc1ccc(N2CCc3cc4c(c(Cl)c3CC2)OCO4)cc1. The minimum atomic E-state index is -4.86. The van der Waals surface area contributed by atoms with Gasteiger partial charge in [0.25, 0.3) is 0 Å². The number of fused-ring (bicyclic) bond motifs is 2. The molecular weight excluding hydrogens is 413 g/mol. The van der Waals surface area contributed by atoms with Crippen LogP contribution in [0.1, 0.15) is 11.1 Å². The molecular formula is C19H18ClF3N2O4. The Bertz CT molecular complexity index is 904. The lowest BCUT2D eigenvalue weighted by atomic mass is 10.0. The second kappa shape index (κ2) is 8.28. The van der Waals surface area contributed by atoms with E-state index < -0.39 is 12.1 Å². The van der Waals surface area contributed by atoms with Gasteiger partial charge >= 0.3 is 12.1 Å². The molecule has 0 saturated heterocycles. The van der Waals surface area contributed by atoms with Crippen LogP contribution in [0.5, 0.6) is 17.2 Å². The van der Waals surface area contributed by atoms with Gasteiger partial charge in [-0.3, -0.25) is 4.79 Å². The van der Waals surface area contributed by atoms with E-state index in [1.54, 1.807) is 12.1 Å². The van der Waals surface area contributed by atoms with Crippen LogP contribution in [0.3, 0.4) is 0 Å². The van der Waals surface area contributed by atoms with E-state index in [9.17, 15) is 18.3 Å². The number of nitrogens with two attached hydrogens (primary N) is 1. The van der Waals surface area contributed by atoms with Crippen LogP contribution in [0, 0.1) is 0 Å². The van der Waals surface area contributed by atoms with E-state index >= 15 is 0 Å². The number of amides is 1. The van der Waals surface area contributed by atoms with E-state index in [1.807, 2.05) is 12.1 Å². The van der Waals surface area contributed by atoms with Crippen molar-refractivity contribution < 1.29 is 32.5 Å². The average molecular weight is 431 g/mol. The van der Waals surface area contributed by atoms with Crippen LogP contribution < -0.4 is 20.1 Å². The number of primary amides is 1. The molecule has 29 heavy (non-hydrogen) atoms. The Kier molecular flexibility index (Phi) is 5.97. The highest BCUT2D eigenvalue weighted by atomic mass is 35.5. The summed E-state index contributed by atoms with van der Waals surface area (Å²) in [7, 11) is 0. The van der Waals surface area contributed by atoms with E-state index in [4.69, 9.17) is 25.9 Å². The van der Waals surface area contributed by atoms with Crippen LogP contribution >= 0.6 is 11.6 Å². The van der Waals surface area contributed by atoms with Gasteiger partial charge in [0, 0.05) is 18.8 Å². The molecule has 6 nitrogen and oxygen atoms in total. The van der Waals surface area contributed by atoms with Crippen molar-refractivity contribution in [1.82, 2.24) is 0 Å². The van der Waals surface area contributed by atoms with Crippen LogP contribution in [0.15, 0.2) is 30.3 Å².